The van der Waals surface area contributed by atoms with Crippen LogP contribution in [0.3, 0.4) is 0 Å². The Morgan fingerprint density at radius 3 is 3.12 bits per heavy atom. The summed E-state index contributed by atoms with van der Waals surface area (Å²) in [7, 11) is 0. The van der Waals surface area contributed by atoms with Crippen molar-refractivity contribution < 1.29 is 0 Å². The maximum atomic E-state index is 5.49. The van der Waals surface area contributed by atoms with Crippen LogP contribution in [0.1, 0.15) is 36.9 Å². The molecule has 1 aromatic rings. The zero-order valence-electron chi connectivity index (χ0n) is 9.46. The quantitative estimate of drug-likeness (QED) is 0.835. The molecule has 0 saturated carbocycles. The Morgan fingerprint density at radius 1 is 1.62 bits per heavy atom. The molecular formula is C14H16BrN. The maximum Gasteiger partial charge on any atom is 0.0689 e. The molecule has 0 bridgehead atoms. The molecule has 0 fully saturated rings. The van der Waals surface area contributed by atoms with Crippen LogP contribution in [0.4, 0.5) is 0 Å². The van der Waals surface area contributed by atoms with Gasteiger partial charge >= 0.3 is 0 Å². The third kappa shape index (κ3) is 2.31. The number of halogens is 1. The van der Waals surface area contributed by atoms with E-state index in [4.69, 9.17) is 6.42 Å². The van der Waals surface area contributed by atoms with Gasteiger partial charge in [-0.1, -0.05) is 34.8 Å². The van der Waals surface area contributed by atoms with Gasteiger partial charge in [0.2, 0.25) is 0 Å². The first-order valence-corrected chi connectivity index (χ1v) is 6.54. The first-order valence-electron chi connectivity index (χ1n) is 5.75. The Kier molecular flexibility index (Phi) is 3.68. The Balaban J connectivity index is 2.15. The minimum absolute atomic E-state index is 0.194. The monoisotopic (exact) mass is 277 g/mol. The van der Waals surface area contributed by atoms with Crippen molar-refractivity contribution in [2.45, 2.75) is 38.3 Å². The van der Waals surface area contributed by atoms with E-state index in [2.05, 4.69) is 52.3 Å². The van der Waals surface area contributed by atoms with Gasteiger partial charge < -0.3 is 0 Å². The van der Waals surface area contributed by atoms with Crippen LogP contribution in [0.5, 0.6) is 0 Å². The smallest absolute Gasteiger partial charge is 0.0689 e. The average Bonchev–Trinajstić information content (AvgIpc) is 2.68. The molecule has 1 aliphatic carbocycles. The molecule has 84 valence electrons. The zero-order chi connectivity index (χ0) is 11.5. The van der Waals surface area contributed by atoms with Gasteiger partial charge in [0, 0.05) is 10.5 Å². The zero-order valence-corrected chi connectivity index (χ0v) is 11.0. The second-order valence-corrected chi connectivity index (χ2v) is 5.14. The third-order valence-corrected chi connectivity index (χ3v) is 3.69. The van der Waals surface area contributed by atoms with E-state index in [1.54, 1.807) is 0 Å². The molecule has 1 aliphatic rings. The predicted octanol–water partition coefficient (Wildman–Crippen LogP) is 3.44. The number of rotatable bonds is 3. The Labute approximate surface area is 106 Å². The summed E-state index contributed by atoms with van der Waals surface area (Å²) in [6.07, 6.45) is 8.77. The molecule has 1 N–H and O–H groups in total. The van der Waals surface area contributed by atoms with Gasteiger partial charge in [0.15, 0.2) is 0 Å². The average molecular weight is 278 g/mol. The van der Waals surface area contributed by atoms with E-state index in [9.17, 15) is 0 Å². The molecule has 0 saturated heterocycles. The van der Waals surface area contributed by atoms with Crippen LogP contribution in [-0.2, 0) is 6.42 Å². The van der Waals surface area contributed by atoms with Crippen molar-refractivity contribution in [3.8, 4) is 12.3 Å². The van der Waals surface area contributed by atoms with Crippen molar-refractivity contribution in [1.82, 2.24) is 5.32 Å². The highest BCUT2D eigenvalue weighted by molar-refractivity contribution is 9.10. The SMILES string of the molecule is C#CC(CC)NC1CCc2cc(Br)ccc21. The van der Waals surface area contributed by atoms with E-state index < -0.39 is 0 Å². The highest BCUT2D eigenvalue weighted by Crippen LogP contribution is 2.33. The van der Waals surface area contributed by atoms with E-state index in [-0.39, 0.29) is 6.04 Å². The van der Waals surface area contributed by atoms with E-state index >= 15 is 0 Å². The largest absolute Gasteiger partial charge is 0.297 e. The lowest BCUT2D eigenvalue weighted by atomic mass is 10.1. The maximum absolute atomic E-state index is 5.49. The fourth-order valence-electron chi connectivity index (χ4n) is 2.29. The minimum Gasteiger partial charge on any atom is -0.297 e. The van der Waals surface area contributed by atoms with Gasteiger partial charge in [-0.2, -0.15) is 0 Å². The molecule has 0 heterocycles. The van der Waals surface area contributed by atoms with Crippen LogP contribution in [0.25, 0.3) is 0 Å². The van der Waals surface area contributed by atoms with Crippen molar-refractivity contribution >= 4 is 15.9 Å². The van der Waals surface area contributed by atoms with Crippen molar-refractivity contribution in [3.63, 3.8) is 0 Å². The van der Waals surface area contributed by atoms with Gasteiger partial charge in [0.05, 0.1) is 6.04 Å². The Bertz CT molecular complexity index is 419. The number of benzene rings is 1. The van der Waals surface area contributed by atoms with Gasteiger partial charge in [-0.3, -0.25) is 5.32 Å². The number of hydrogen-bond donors (Lipinski definition) is 1. The van der Waals surface area contributed by atoms with Gasteiger partial charge in [0.25, 0.3) is 0 Å². The van der Waals surface area contributed by atoms with Crippen molar-refractivity contribution in [2.24, 2.45) is 0 Å². The second kappa shape index (κ2) is 5.03. The molecule has 16 heavy (non-hydrogen) atoms. The number of terminal acetylenes is 1. The van der Waals surface area contributed by atoms with Gasteiger partial charge in [-0.25, -0.2) is 0 Å². The molecule has 2 unspecified atom stereocenters. The molecule has 2 atom stereocenters. The predicted molar refractivity (Wildman–Crippen MR) is 71.3 cm³/mol. The Morgan fingerprint density at radius 2 is 2.44 bits per heavy atom. The van der Waals surface area contributed by atoms with E-state index in [1.165, 1.54) is 11.1 Å². The number of nitrogens with one attached hydrogen (secondary N) is 1. The lowest BCUT2D eigenvalue weighted by Crippen LogP contribution is -2.29. The highest BCUT2D eigenvalue weighted by atomic mass is 79.9. The summed E-state index contributed by atoms with van der Waals surface area (Å²) in [6.45, 7) is 2.12. The number of hydrogen-bond acceptors (Lipinski definition) is 1. The van der Waals surface area contributed by atoms with Crippen LogP contribution in [0.15, 0.2) is 22.7 Å². The Hall–Kier alpha value is -0.780. The van der Waals surface area contributed by atoms with Gasteiger partial charge in [-0.05, 0) is 42.5 Å². The summed E-state index contributed by atoms with van der Waals surface area (Å²) in [5.74, 6) is 2.80. The molecule has 0 spiro atoms. The summed E-state index contributed by atoms with van der Waals surface area (Å²) in [4.78, 5) is 0. The van der Waals surface area contributed by atoms with Crippen LogP contribution in [0.2, 0.25) is 0 Å². The van der Waals surface area contributed by atoms with Crippen molar-refractivity contribution in [1.29, 1.82) is 0 Å². The highest BCUT2D eigenvalue weighted by Gasteiger charge is 2.23. The van der Waals surface area contributed by atoms with Crippen molar-refractivity contribution in [2.75, 3.05) is 0 Å². The number of aryl methyl sites for hydroxylation is 1. The molecule has 0 amide bonds. The lowest BCUT2D eigenvalue weighted by molar-refractivity contribution is 0.481. The molecule has 1 nitrogen and oxygen atoms in total. The second-order valence-electron chi connectivity index (χ2n) is 4.23. The van der Waals surface area contributed by atoms with Gasteiger partial charge in [0.1, 0.15) is 0 Å². The minimum atomic E-state index is 0.194. The molecule has 2 rings (SSSR count). The molecular weight excluding hydrogens is 262 g/mol. The van der Waals surface area contributed by atoms with Crippen LogP contribution < -0.4 is 5.32 Å². The first-order chi connectivity index (χ1) is 7.74. The van der Waals surface area contributed by atoms with E-state index in [0.717, 1.165) is 23.7 Å². The van der Waals surface area contributed by atoms with Crippen LogP contribution in [-0.4, -0.2) is 6.04 Å². The standard InChI is InChI=1S/C14H16BrN/c1-3-12(4-2)16-14-8-5-10-9-11(15)6-7-13(10)14/h1,6-7,9,12,14,16H,4-5,8H2,2H3. The van der Waals surface area contributed by atoms with Gasteiger partial charge in [-0.15, -0.1) is 6.42 Å². The van der Waals surface area contributed by atoms with E-state index in [0.29, 0.717) is 6.04 Å². The number of fused-ring (bicyclic) bond motifs is 1. The molecule has 0 aromatic heterocycles. The fourth-order valence-corrected chi connectivity index (χ4v) is 2.69. The lowest BCUT2D eigenvalue weighted by Gasteiger charge is -2.18. The summed E-state index contributed by atoms with van der Waals surface area (Å²) in [6, 6.07) is 7.15. The molecule has 1 aromatic carbocycles. The summed E-state index contributed by atoms with van der Waals surface area (Å²) in [5.41, 5.74) is 2.86. The topological polar surface area (TPSA) is 12.0 Å². The normalized spacial score (nSPS) is 20.2. The summed E-state index contributed by atoms with van der Waals surface area (Å²) in [5, 5.41) is 3.54. The summed E-state index contributed by atoms with van der Waals surface area (Å²) < 4.78 is 1.16. The van der Waals surface area contributed by atoms with Crippen molar-refractivity contribution in [3.05, 3.63) is 33.8 Å². The first kappa shape index (κ1) is 11.7. The fraction of sp³-hybridized carbons (Fsp3) is 0.429. The molecule has 2 heteroatoms. The summed E-state index contributed by atoms with van der Waals surface area (Å²) >= 11 is 3.51. The van der Waals surface area contributed by atoms with Crippen LogP contribution >= 0.6 is 15.9 Å². The third-order valence-electron chi connectivity index (χ3n) is 3.19. The molecule has 0 aliphatic heterocycles. The van der Waals surface area contributed by atoms with Crippen LogP contribution in [0, 0.1) is 12.3 Å². The van der Waals surface area contributed by atoms with E-state index in [1.807, 2.05) is 0 Å². The molecule has 0 radical (unpaired) electrons.